The van der Waals surface area contributed by atoms with E-state index in [0.717, 1.165) is 5.56 Å². The minimum Gasteiger partial charge on any atom is -0.495 e. The molecule has 1 heterocycles. The third-order valence-electron chi connectivity index (χ3n) is 2.76. The standard InChI is InChI=1S/C13H13BrFN3O/c1-19-9-5-8(6-17-7-9)13(18-16)10-3-2-4-11(15)12(10)14/h2-7,13,18H,16H2,1H3. The first kappa shape index (κ1) is 13.9. The summed E-state index contributed by atoms with van der Waals surface area (Å²) in [5.74, 6) is 5.86. The number of halogens is 2. The van der Waals surface area contributed by atoms with Crippen molar-refractivity contribution < 1.29 is 9.13 Å². The van der Waals surface area contributed by atoms with Gasteiger partial charge in [0.15, 0.2) is 0 Å². The van der Waals surface area contributed by atoms with Crippen molar-refractivity contribution in [3.05, 3.63) is 58.1 Å². The van der Waals surface area contributed by atoms with Gasteiger partial charge in [-0.2, -0.15) is 0 Å². The third-order valence-corrected chi connectivity index (χ3v) is 3.60. The van der Waals surface area contributed by atoms with Crippen LogP contribution in [0.15, 0.2) is 41.1 Å². The van der Waals surface area contributed by atoms with E-state index in [-0.39, 0.29) is 11.9 Å². The molecule has 0 amide bonds. The first-order chi connectivity index (χ1) is 9.17. The van der Waals surface area contributed by atoms with Crippen LogP contribution in [-0.2, 0) is 0 Å². The van der Waals surface area contributed by atoms with Crippen molar-refractivity contribution in [2.24, 2.45) is 5.84 Å². The Kier molecular flexibility index (Phi) is 4.47. The minimum absolute atomic E-state index is 0.339. The number of pyridine rings is 1. The molecule has 6 heteroatoms. The van der Waals surface area contributed by atoms with Gasteiger partial charge in [-0.1, -0.05) is 12.1 Å². The molecule has 0 bridgehead atoms. The minimum atomic E-state index is -0.382. The Morgan fingerprint density at radius 2 is 2.21 bits per heavy atom. The van der Waals surface area contributed by atoms with Gasteiger partial charge >= 0.3 is 0 Å². The summed E-state index contributed by atoms with van der Waals surface area (Å²) in [7, 11) is 1.56. The van der Waals surface area contributed by atoms with E-state index in [0.29, 0.717) is 15.8 Å². The van der Waals surface area contributed by atoms with Gasteiger partial charge in [0.2, 0.25) is 0 Å². The van der Waals surface area contributed by atoms with Crippen LogP contribution in [0.3, 0.4) is 0 Å². The SMILES string of the molecule is COc1cncc(C(NN)c2cccc(F)c2Br)c1. The molecule has 0 radical (unpaired) electrons. The summed E-state index contributed by atoms with van der Waals surface area (Å²) < 4.78 is 19.1. The van der Waals surface area contributed by atoms with Crippen LogP contribution in [-0.4, -0.2) is 12.1 Å². The maximum Gasteiger partial charge on any atom is 0.137 e. The molecule has 100 valence electrons. The Labute approximate surface area is 118 Å². The van der Waals surface area contributed by atoms with E-state index in [2.05, 4.69) is 26.3 Å². The topological polar surface area (TPSA) is 60.2 Å². The van der Waals surface area contributed by atoms with Gasteiger partial charge < -0.3 is 4.74 Å². The van der Waals surface area contributed by atoms with Crippen LogP contribution >= 0.6 is 15.9 Å². The highest BCUT2D eigenvalue weighted by atomic mass is 79.9. The van der Waals surface area contributed by atoms with E-state index >= 15 is 0 Å². The predicted molar refractivity (Wildman–Crippen MR) is 74.1 cm³/mol. The molecule has 2 aromatic rings. The van der Waals surface area contributed by atoms with E-state index < -0.39 is 0 Å². The van der Waals surface area contributed by atoms with Crippen molar-refractivity contribution >= 4 is 15.9 Å². The number of hydrazine groups is 1. The molecule has 4 nitrogen and oxygen atoms in total. The number of nitrogens with two attached hydrogens (primary N) is 1. The summed E-state index contributed by atoms with van der Waals surface area (Å²) in [6.07, 6.45) is 3.25. The number of methoxy groups -OCH3 is 1. The second kappa shape index (κ2) is 6.10. The fraction of sp³-hybridized carbons (Fsp3) is 0.154. The zero-order chi connectivity index (χ0) is 13.8. The number of hydrogen-bond donors (Lipinski definition) is 2. The molecule has 1 atom stereocenters. The number of aromatic nitrogens is 1. The third kappa shape index (κ3) is 2.91. The highest BCUT2D eigenvalue weighted by Gasteiger charge is 2.18. The Bertz CT molecular complexity index is 580. The molecule has 1 aromatic heterocycles. The van der Waals surface area contributed by atoms with Crippen molar-refractivity contribution in [3.63, 3.8) is 0 Å². The number of ether oxygens (including phenoxy) is 1. The molecule has 0 spiro atoms. The average molecular weight is 326 g/mol. The average Bonchev–Trinajstić information content (AvgIpc) is 2.44. The lowest BCUT2D eigenvalue weighted by Crippen LogP contribution is -2.29. The first-order valence-corrected chi connectivity index (χ1v) is 6.35. The van der Waals surface area contributed by atoms with Crippen LogP contribution in [0.2, 0.25) is 0 Å². The Morgan fingerprint density at radius 3 is 2.89 bits per heavy atom. The van der Waals surface area contributed by atoms with Gasteiger partial charge in [-0.25, -0.2) is 9.82 Å². The first-order valence-electron chi connectivity index (χ1n) is 5.56. The molecule has 0 saturated carbocycles. The molecular formula is C13H13BrFN3O. The summed E-state index contributed by atoms with van der Waals surface area (Å²) >= 11 is 3.23. The molecule has 1 aromatic carbocycles. The summed E-state index contributed by atoms with van der Waals surface area (Å²) in [5, 5.41) is 0. The van der Waals surface area contributed by atoms with E-state index in [1.165, 1.54) is 6.07 Å². The van der Waals surface area contributed by atoms with Crippen molar-refractivity contribution in [2.75, 3.05) is 7.11 Å². The highest BCUT2D eigenvalue weighted by Crippen LogP contribution is 2.30. The zero-order valence-electron chi connectivity index (χ0n) is 10.2. The van der Waals surface area contributed by atoms with Gasteiger partial charge in [0.05, 0.1) is 23.8 Å². The highest BCUT2D eigenvalue weighted by molar-refractivity contribution is 9.10. The number of hydrogen-bond acceptors (Lipinski definition) is 4. The lowest BCUT2D eigenvalue weighted by Gasteiger charge is -2.18. The van der Waals surface area contributed by atoms with E-state index in [1.54, 1.807) is 37.7 Å². The molecule has 3 N–H and O–H groups in total. The number of nitrogens with one attached hydrogen (secondary N) is 1. The smallest absolute Gasteiger partial charge is 0.137 e. The van der Waals surface area contributed by atoms with Gasteiger partial charge in [-0.15, -0.1) is 0 Å². The number of benzene rings is 1. The fourth-order valence-corrected chi connectivity index (χ4v) is 2.31. The van der Waals surface area contributed by atoms with Crippen molar-refractivity contribution in [1.82, 2.24) is 10.4 Å². The van der Waals surface area contributed by atoms with Gasteiger partial charge in [0.25, 0.3) is 0 Å². The zero-order valence-corrected chi connectivity index (χ0v) is 11.8. The van der Waals surface area contributed by atoms with Gasteiger partial charge in [-0.3, -0.25) is 10.8 Å². The van der Waals surface area contributed by atoms with Gasteiger partial charge in [0, 0.05) is 6.20 Å². The summed E-state index contributed by atoms with van der Waals surface area (Å²) in [6, 6.07) is 6.22. The fourth-order valence-electron chi connectivity index (χ4n) is 1.81. The number of nitrogens with zero attached hydrogens (tertiary/aromatic N) is 1. The molecule has 0 fully saturated rings. The van der Waals surface area contributed by atoms with Crippen molar-refractivity contribution in [1.29, 1.82) is 0 Å². The Morgan fingerprint density at radius 1 is 1.42 bits per heavy atom. The lowest BCUT2D eigenvalue weighted by molar-refractivity contribution is 0.411. The van der Waals surface area contributed by atoms with Crippen LogP contribution in [0.5, 0.6) is 5.75 Å². The molecule has 0 aliphatic carbocycles. The normalized spacial score (nSPS) is 12.2. The molecule has 2 rings (SSSR count). The second-order valence-corrected chi connectivity index (χ2v) is 4.69. The largest absolute Gasteiger partial charge is 0.495 e. The Hall–Kier alpha value is -1.50. The molecule has 0 saturated heterocycles. The summed E-state index contributed by atoms with van der Waals surface area (Å²) in [5.41, 5.74) is 4.14. The predicted octanol–water partition coefficient (Wildman–Crippen LogP) is 2.54. The summed E-state index contributed by atoms with van der Waals surface area (Å²) in [4.78, 5) is 4.07. The van der Waals surface area contributed by atoms with E-state index in [1.807, 2.05) is 0 Å². The number of rotatable bonds is 4. The van der Waals surface area contributed by atoms with Gasteiger partial charge in [0.1, 0.15) is 11.6 Å². The molecule has 0 aliphatic heterocycles. The molecule has 0 aliphatic rings. The summed E-state index contributed by atoms with van der Waals surface area (Å²) in [6.45, 7) is 0. The van der Waals surface area contributed by atoms with Crippen LogP contribution in [0.25, 0.3) is 0 Å². The quantitative estimate of drug-likeness (QED) is 0.670. The second-order valence-electron chi connectivity index (χ2n) is 3.90. The van der Waals surface area contributed by atoms with E-state index in [9.17, 15) is 4.39 Å². The van der Waals surface area contributed by atoms with Crippen LogP contribution < -0.4 is 16.0 Å². The van der Waals surface area contributed by atoms with E-state index in [4.69, 9.17) is 10.6 Å². The van der Waals surface area contributed by atoms with Crippen LogP contribution in [0.1, 0.15) is 17.2 Å². The van der Waals surface area contributed by atoms with Crippen LogP contribution in [0, 0.1) is 5.82 Å². The van der Waals surface area contributed by atoms with Crippen molar-refractivity contribution in [3.8, 4) is 5.75 Å². The molecule has 19 heavy (non-hydrogen) atoms. The maximum atomic E-state index is 13.6. The lowest BCUT2D eigenvalue weighted by atomic mass is 10.0. The Balaban J connectivity index is 2.46. The van der Waals surface area contributed by atoms with Gasteiger partial charge in [-0.05, 0) is 39.2 Å². The molecule has 1 unspecified atom stereocenters. The van der Waals surface area contributed by atoms with Crippen molar-refractivity contribution in [2.45, 2.75) is 6.04 Å². The maximum absolute atomic E-state index is 13.6. The molecular weight excluding hydrogens is 313 g/mol. The van der Waals surface area contributed by atoms with Crippen LogP contribution in [0.4, 0.5) is 4.39 Å². The monoisotopic (exact) mass is 325 g/mol.